The molecule has 0 aliphatic heterocycles. The van der Waals surface area contributed by atoms with Crippen molar-refractivity contribution in [2.24, 2.45) is 5.41 Å². The highest BCUT2D eigenvalue weighted by Gasteiger charge is 2.51. The van der Waals surface area contributed by atoms with E-state index in [2.05, 4.69) is 25.3 Å². The van der Waals surface area contributed by atoms with Gasteiger partial charge in [-0.1, -0.05) is 0 Å². The van der Waals surface area contributed by atoms with Gasteiger partial charge in [-0.2, -0.15) is 0 Å². The van der Waals surface area contributed by atoms with E-state index in [1.54, 1.807) is 6.33 Å². The predicted molar refractivity (Wildman–Crippen MR) is 83.7 cm³/mol. The zero-order valence-electron chi connectivity index (χ0n) is 12.7. The second-order valence-corrected chi connectivity index (χ2v) is 6.51. The van der Waals surface area contributed by atoms with E-state index in [1.807, 2.05) is 0 Å². The Balaban J connectivity index is 1.45. The highest BCUT2D eigenvalue weighted by molar-refractivity contribution is 7.99. The molecular weight excluding hydrogens is 318 g/mol. The van der Waals surface area contributed by atoms with Crippen LogP contribution in [0.4, 0.5) is 0 Å². The summed E-state index contributed by atoms with van der Waals surface area (Å²) in [4.78, 5) is 38.8. The van der Waals surface area contributed by atoms with Gasteiger partial charge in [-0.3, -0.25) is 9.59 Å². The minimum atomic E-state index is -0.494. The van der Waals surface area contributed by atoms with Gasteiger partial charge in [0.15, 0.2) is 5.65 Å². The summed E-state index contributed by atoms with van der Waals surface area (Å²) in [6, 6.07) is 0. The van der Waals surface area contributed by atoms with Gasteiger partial charge in [-0.05, 0) is 12.8 Å². The zero-order valence-corrected chi connectivity index (χ0v) is 13.5. The number of amides is 1. The number of ether oxygens (including phenoxy) is 1. The molecule has 8 nitrogen and oxygen atoms in total. The van der Waals surface area contributed by atoms with Gasteiger partial charge >= 0.3 is 5.97 Å². The molecule has 23 heavy (non-hydrogen) atoms. The standard InChI is InChI=1S/C14H17N5O3S/c1-22-13(21)14(3-4-14)6-15-9(20)2-5-23-12-10-11(17-7-16-10)18-8-19-12/h7-8H,2-6H2,1H3,(H,15,20)(H,16,17,18,19). The minimum Gasteiger partial charge on any atom is -0.469 e. The topological polar surface area (TPSA) is 110 Å². The summed E-state index contributed by atoms with van der Waals surface area (Å²) in [5, 5.41) is 3.58. The number of thioether (sulfide) groups is 1. The highest BCUT2D eigenvalue weighted by atomic mass is 32.2. The summed E-state index contributed by atoms with van der Waals surface area (Å²) in [7, 11) is 1.37. The summed E-state index contributed by atoms with van der Waals surface area (Å²) >= 11 is 1.47. The molecule has 2 aromatic heterocycles. The molecule has 9 heteroatoms. The number of carbonyl (C=O) groups excluding carboxylic acids is 2. The summed E-state index contributed by atoms with van der Waals surface area (Å²) in [6.45, 7) is 0.349. The van der Waals surface area contributed by atoms with Crippen LogP contribution in [0.5, 0.6) is 0 Å². The molecule has 1 amide bonds. The van der Waals surface area contributed by atoms with E-state index >= 15 is 0 Å². The van der Waals surface area contributed by atoms with Crippen molar-refractivity contribution in [3.8, 4) is 0 Å². The Morgan fingerprint density at radius 1 is 1.39 bits per heavy atom. The van der Waals surface area contributed by atoms with E-state index in [1.165, 1.54) is 25.2 Å². The molecule has 122 valence electrons. The van der Waals surface area contributed by atoms with Gasteiger partial charge < -0.3 is 15.0 Å². The molecule has 3 rings (SSSR count). The van der Waals surface area contributed by atoms with E-state index in [4.69, 9.17) is 4.74 Å². The van der Waals surface area contributed by atoms with Crippen LogP contribution in [-0.4, -0.2) is 51.2 Å². The number of fused-ring (bicyclic) bond motifs is 1. The maximum absolute atomic E-state index is 11.9. The molecule has 0 radical (unpaired) electrons. The SMILES string of the molecule is COC(=O)C1(CNC(=O)CCSc2ncnc3nc[nH]c23)CC1. The Bertz CT molecular complexity index is 728. The molecule has 1 saturated carbocycles. The van der Waals surface area contributed by atoms with Gasteiger partial charge in [0.1, 0.15) is 16.9 Å². The number of rotatable bonds is 7. The van der Waals surface area contributed by atoms with Gasteiger partial charge in [-0.15, -0.1) is 11.8 Å². The number of imidazole rings is 1. The molecule has 2 aromatic rings. The quantitative estimate of drug-likeness (QED) is 0.439. The Hall–Kier alpha value is -2.16. The molecule has 0 spiro atoms. The summed E-state index contributed by atoms with van der Waals surface area (Å²) < 4.78 is 4.76. The maximum Gasteiger partial charge on any atom is 0.313 e. The molecule has 0 unspecified atom stereocenters. The third-order valence-corrected chi connectivity index (χ3v) is 4.84. The lowest BCUT2D eigenvalue weighted by Crippen LogP contribution is -2.35. The number of aromatic nitrogens is 4. The molecule has 0 aromatic carbocycles. The number of aromatic amines is 1. The number of H-pyrrole nitrogens is 1. The van der Waals surface area contributed by atoms with Crippen LogP contribution in [0.1, 0.15) is 19.3 Å². The van der Waals surface area contributed by atoms with Crippen molar-refractivity contribution in [3.05, 3.63) is 12.7 Å². The van der Waals surface area contributed by atoms with Crippen LogP contribution in [0.2, 0.25) is 0 Å². The van der Waals surface area contributed by atoms with Crippen LogP contribution in [-0.2, 0) is 14.3 Å². The molecule has 0 bridgehead atoms. The van der Waals surface area contributed by atoms with E-state index in [-0.39, 0.29) is 11.9 Å². The first kappa shape index (κ1) is 15.7. The van der Waals surface area contributed by atoms with Gasteiger partial charge in [-0.25, -0.2) is 15.0 Å². The first-order chi connectivity index (χ1) is 11.1. The minimum absolute atomic E-state index is 0.0809. The number of hydrogen-bond donors (Lipinski definition) is 2. The fraction of sp³-hybridized carbons (Fsp3) is 0.500. The molecule has 0 saturated heterocycles. The molecule has 2 N–H and O–H groups in total. The van der Waals surface area contributed by atoms with Crippen LogP contribution in [0.25, 0.3) is 11.2 Å². The molecule has 2 heterocycles. The molecule has 1 aliphatic carbocycles. The number of nitrogens with zero attached hydrogens (tertiary/aromatic N) is 3. The maximum atomic E-state index is 11.9. The fourth-order valence-corrected chi connectivity index (χ4v) is 3.17. The Morgan fingerprint density at radius 2 is 2.22 bits per heavy atom. The predicted octanol–water partition coefficient (Wildman–Crippen LogP) is 0.904. The normalized spacial score (nSPS) is 15.3. The Labute approximate surface area is 136 Å². The summed E-state index contributed by atoms with van der Waals surface area (Å²) in [5.74, 6) is 0.264. The first-order valence-corrected chi connectivity index (χ1v) is 8.25. The average molecular weight is 335 g/mol. The monoisotopic (exact) mass is 335 g/mol. The first-order valence-electron chi connectivity index (χ1n) is 7.27. The number of esters is 1. The van der Waals surface area contributed by atoms with Gasteiger partial charge in [0.25, 0.3) is 0 Å². The van der Waals surface area contributed by atoms with Crippen LogP contribution in [0, 0.1) is 5.41 Å². The van der Waals surface area contributed by atoms with Crippen LogP contribution >= 0.6 is 11.8 Å². The third kappa shape index (κ3) is 3.44. The van der Waals surface area contributed by atoms with Crippen LogP contribution in [0.15, 0.2) is 17.7 Å². The summed E-state index contributed by atoms with van der Waals surface area (Å²) in [5.41, 5.74) is 0.896. The van der Waals surface area contributed by atoms with Crippen molar-refractivity contribution in [1.29, 1.82) is 0 Å². The highest BCUT2D eigenvalue weighted by Crippen LogP contribution is 2.46. The molecule has 1 fully saturated rings. The smallest absolute Gasteiger partial charge is 0.313 e. The van der Waals surface area contributed by atoms with Crippen LogP contribution in [0.3, 0.4) is 0 Å². The lowest BCUT2D eigenvalue weighted by molar-refractivity contribution is -0.147. The van der Waals surface area contributed by atoms with Gasteiger partial charge in [0.05, 0.1) is 18.9 Å². The zero-order chi connectivity index (χ0) is 16.3. The Kier molecular flexibility index (Phi) is 4.46. The second kappa shape index (κ2) is 6.53. The van der Waals surface area contributed by atoms with Crippen molar-refractivity contribution in [3.63, 3.8) is 0 Å². The molecule has 1 aliphatic rings. The number of carbonyl (C=O) groups is 2. The van der Waals surface area contributed by atoms with Crippen molar-refractivity contribution in [1.82, 2.24) is 25.3 Å². The van der Waals surface area contributed by atoms with E-state index in [0.29, 0.717) is 24.4 Å². The van der Waals surface area contributed by atoms with Crippen molar-refractivity contribution >= 4 is 34.8 Å². The van der Waals surface area contributed by atoms with Crippen LogP contribution < -0.4 is 5.32 Å². The van der Waals surface area contributed by atoms with Crippen molar-refractivity contribution < 1.29 is 14.3 Å². The van der Waals surface area contributed by atoms with E-state index in [0.717, 1.165) is 23.4 Å². The van der Waals surface area contributed by atoms with E-state index < -0.39 is 5.41 Å². The second-order valence-electron chi connectivity index (χ2n) is 5.43. The Morgan fingerprint density at radius 3 is 2.96 bits per heavy atom. The van der Waals surface area contributed by atoms with Gasteiger partial charge in [0.2, 0.25) is 5.91 Å². The van der Waals surface area contributed by atoms with Crippen molar-refractivity contribution in [2.45, 2.75) is 24.3 Å². The van der Waals surface area contributed by atoms with Crippen molar-refractivity contribution in [2.75, 3.05) is 19.4 Å². The largest absolute Gasteiger partial charge is 0.469 e. The summed E-state index contributed by atoms with van der Waals surface area (Å²) in [6.07, 6.45) is 4.92. The lowest BCUT2D eigenvalue weighted by atomic mass is 10.1. The number of methoxy groups -OCH3 is 1. The number of hydrogen-bond acceptors (Lipinski definition) is 7. The lowest BCUT2D eigenvalue weighted by Gasteiger charge is -2.13. The van der Waals surface area contributed by atoms with Gasteiger partial charge in [0, 0.05) is 18.7 Å². The number of nitrogens with one attached hydrogen (secondary N) is 2. The molecular formula is C14H17N5O3S. The molecule has 0 atom stereocenters. The van der Waals surface area contributed by atoms with E-state index in [9.17, 15) is 9.59 Å². The average Bonchev–Trinajstić information content (AvgIpc) is 3.20. The fourth-order valence-electron chi connectivity index (χ4n) is 2.27. The third-order valence-electron chi connectivity index (χ3n) is 3.85.